The SMILES string of the molecule is O=C(NCCc1ccc(CO)cc1)Nc1cccc2cccnc12. The predicted octanol–water partition coefficient (Wildman–Crippen LogP) is 3.09. The van der Waals surface area contributed by atoms with Gasteiger partial charge in [0.2, 0.25) is 0 Å². The zero-order valence-electron chi connectivity index (χ0n) is 13.2. The van der Waals surface area contributed by atoms with E-state index in [1.807, 2.05) is 54.6 Å². The lowest BCUT2D eigenvalue weighted by Gasteiger charge is -2.09. The molecule has 24 heavy (non-hydrogen) atoms. The van der Waals surface area contributed by atoms with Crippen molar-refractivity contribution in [2.75, 3.05) is 11.9 Å². The molecule has 5 nitrogen and oxygen atoms in total. The highest BCUT2D eigenvalue weighted by molar-refractivity contribution is 5.99. The number of aliphatic hydroxyl groups is 1. The Morgan fingerprint density at radius 1 is 1.00 bits per heavy atom. The third kappa shape index (κ3) is 3.88. The van der Waals surface area contributed by atoms with Gasteiger partial charge in [-0.2, -0.15) is 0 Å². The fourth-order valence-corrected chi connectivity index (χ4v) is 2.50. The molecule has 0 aliphatic rings. The summed E-state index contributed by atoms with van der Waals surface area (Å²) in [6, 6.07) is 17.0. The van der Waals surface area contributed by atoms with E-state index < -0.39 is 0 Å². The monoisotopic (exact) mass is 321 g/mol. The van der Waals surface area contributed by atoms with Gasteiger partial charge in [-0.3, -0.25) is 4.98 Å². The minimum Gasteiger partial charge on any atom is -0.392 e. The number of hydrogen-bond acceptors (Lipinski definition) is 3. The molecule has 0 bridgehead atoms. The van der Waals surface area contributed by atoms with Gasteiger partial charge in [0.15, 0.2) is 0 Å². The maximum Gasteiger partial charge on any atom is 0.319 e. The van der Waals surface area contributed by atoms with Crippen molar-refractivity contribution in [3.05, 3.63) is 71.9 Å². The van der Waals surface area contributed by atoms with E-state index in [1.54, 1.807) is 6.20 Å². The molecular formula is C19H19N3O2. The summed E-state index contributed by atoms with van der Waals surface area (Å²) in [6.07, 6.45) is 2.44. The lowest BCUT2D eigenvalue weighted by atomic mass is 10.1. The summed E-state index contributed by atoms with van der Waals surface area (Å²) in [5.41, 5.74) is 3.46. The van der Waals surface area contributed by atoms with Gasteiger partial charge in [-0.15, -0.1) is 0 Å². The van der Waals surface area contributed by atoms with E-state index in [0.29, 0.717) is 12.2 Å². The molecule has 0 saturated heterocycles. The fraction of sp³-hybridized carbons (Fsp3) is 0.158. The first kappa shape index (κ1) is 16.0. The second-order valence-corrected chi connectivity index (χ2v) is 5.49. The molecule has 3 N–H and O–H groups in total. The highest BCUT2D eigenvalue weighted by atomic mass is 16.3. The van der Waals surface area contributed by atoms with Gasteiger partial charge in [0, 0.05) is 18.1 Å². The summed E-state index contributed by atoms with van der Waals surface area (Å²) in [7, 11) is 0. The van der Waals surface area contributed by atoms with Crippen molar-refractivity contribution in [3.8, 4) is 0 Å². The molecule has 5 heteroatoms. The Balaban J connectivity index is 1.55. The molecule has 1 aromatic heterocycles. The van der Waals surface area contributed by atoms with Gasteiger partial charge in [0.05, 0.1) is 17.8 Å². The number of nitrogens with zero attached hydrogens (tertiary/aromatic N) is 1. The highest BCUT2D eigenvalue weighted by Gasteiger charge is 2.05. The number of hydrogen-bond donors (Lipinski definition) is 3. The maximum atomic E-state index is 12.1. The van der Waals surface area contributed by atoms with Crippen LogP contribution < -0.4 is 10.6 Å². The number of nitrogens with one attached hydrogen (secondary N) is 2. The first-order valence-corrected chi connectivity index (χ1v) is 7.83. The number of carbonyl (C=O) groups excluding carboxylic acids is 1. The van der Waals surface area contributed by atoms with Crippen LogP contribution in [-0.4, -0.2) is 22.7 Å². The molecule has 0 atom stereocenters. The third-order valence-corrected chi connectivity index (χ3v) is 3.79. The molecule has 3 aromatic rings. The van der Waals surface area contributed by atoms with Crippen LogP contribution in [0.1, 0.15) is 11.1 Å². The molecular weight excluding hydrogens is 302 g/mol. The number of rotatable bonds is 5. The third-order valence-electron chi connectivity index (χ3n) is 3.79. The van der Waals surface area contributed by atoms with Gasteiger partial charge in [-0.25, -0.2) is 4.79 Å². The van der Waals surface area contributed by atoms with E-state index >= 15 is 0 Å². The minimum absolute atomic E-state index is 0.0417. The standard InChI is InChI=1S/C19H19N3O2/c23-13-15-8-6-14(7-9-15)10-12-21-19(24)22-17-5-1-3-16-4-2-11-20-18(16)17/h1-9,11,23H,10,12-13H2,(H2,21,22,24). The van der Waals surface area contributed by atoms with E-state index in [9.17, 15) is 4.79 Å². The van der Waals surface area contributed by atoms with E-state index in [2.05, 4.69) is 15.6 Å². The van der Waals surface area contributed by atoms with E-state index in [0.717, 1.165) is 28.5 Å². The van der Waals surface area contributed by atoms with Gasteiger partial charge in [-0.05, 0) is 29.7 Å². The summed E-state index contributed by atoms with van der Waals surface area (Å²) >= 11 is 0. The van der Waals surface area contributed by atoms with Crippen LogP contribution in [0.5, 0.6) is 0 Å². The molecule has 0 aliphatic carbocycles. The van der Waals surface area contributed by atoms with Crippen LogP contribution in [0.3, 0.4) is 0 Å². The Labute approximate surface area is 140 Å². The number of anilines is 1. The van der Waals surface area contributed by atoms with Crippen LogP contribution in [0, 0.1) is 0 Å². The summed E-state index contributed by atoms with van der Waals surface area (Å²) in [5.74, 6) is 0. The van der Waals surface area contributed by atoms with Crippen LogP contribution in [0.4, 0.5) is 10.5 Å². The van der Waals surface area contributed by atoms with Crippen LogP contribution in [0.25, 0.3) is 10.9 Å². The summed E-state index contributed by atoms with van der Waals surface area (Å²) in [4.78, 5) is 16.4. The first-order valence-electron chi connectivity index (χ1n) is 7.83. The second-order valence-electron chi connectivity index (χ2n) is 5.49. The molecule has 1 heterocycles. The summed E-state index contributed by atoms with van der Waals surface area (Å²) in [5, 5.41) is 15.7. The predicted molar refractivity (Wildman–Crippen MR) is 94.8 cm³/mol. The Morgan fingerprint density at radius 3 is 2.54 bits per heavy atom. The Kier molecular flexibility index (Phi) is 5.03. The maximum absolute atomic E-state index is 12.1. The Hall–Kier alpha value is -2.92. The van der Waals surface area contributed by atoms with Crippen molar-refractivity contribution in [2.24, 2.45) is 0 Å². The number of para-hydroxylation sites is 1. The zero-order chi connectivity index (χ0) is 16.8. The number of benzene rings is 2. The summed E-state index contributed by atoms with van der Waals surface area (Å²) in [6.45, 7) is 0.572. The minimum atomic E-state index is -0.250. The van der Waals surface area contributed by atoms with Gasteiger partial charge in [-0.1, -0.05) is 42.5 Å². The van der Waals surface area contributed by atoms with Gasteiger partial charge in [0.1, 0.15) is 0 Å². The van der Waals surface area contributed by atoms with Gasteiger partial charge >= 0.3 is 6.03 Å². The van der Waals surface area contributed by atoms with Crippen molar-refractivity contribution in [2.45, 2.75) is 13.0 Å². The number of pyridine rings is 1. The van der Waals surface area contributed by atoms with Crippen molar-refractivity contribution in [1.82, 2.24) is 10.3 Å². The Bertz CT molecular complexity index is 826. The molecule has 0 radical (unpaired) electrons. The van der Waals surface area contributed by atoms with Gasteiger partial charge < -0.3 is 15.7 Å². The second kappa shape index (κ2) is 7.57. The summed E-state index contributed by atoms with van der Waals surface area (Å²) < 4.78 is 0. The van der Waals surface area contributed by atoms with Crippen molar-refractivity contribution >= 4 is 22.6 Å². The number of urea groups is 1. The quantitative estimate of drug-likeness (QED) is 0.676. The molecule has 2 aromatic carbocycles. The number of aromatic nitrogens is 1. The van der Waals surface area contributed by atoms with Crippen molar-refractivity contribution in [3.63, 3.8) is 0 Å². The average molecular weight is 321 g/mol. The number of amides is 2. The van der Waals surface area contributed by atoms with E-state index in [1.165, 1.54) is 0 Å². The molecule has 0 unspecified atom stereocenters. The Morgan fingerprint density at radius 2 is 1.75 bits per heavy atom. The van der Waals surface area contributed by atoms with E-state index in [4.69, 9.17) is 5.11 Å². The van der Waals surface area contributed by atoms with Crippen LogP contribution in [-0.2, 0) is 13.0 Å². The molecule has 3 rings (SSSR count). The topological polar surface area (TPSA) is 74.2 Å². The van der Waals surface area contributed by atoms with Crippen LogP contribution in [0.15, 0.2) is 60.8 Å². The number of aliphatic hydroxyl groups excluding tert-OH is 1. The molecule has 0 spiro atoms. The van der Waals surface area contributed by atoms with Gasteiger partial charge in [0.25, 0.3) is 0 Å². The molecule has 0 saturated carbocycles. The zero-order valence-corrected chi connectivity index (χ0v) is 13.2. The molecule has 2 amide bonds. The number of carbonyl (C=O) groups is 1. The smallest absolute Gasteiger partial charge is 0.319 e. The first-order chi connectivity index (χ1) is 11.8. The molecule has 0 aliphatic heterocycles. The van der Waals surface area contributed by atoms with Crippen molar-refractivity contribution < 1.29 is 9.90 Å². The molecule has 122 valence electrons. The average Bonchev–Trinajstić information content (AvgIpc) is 2.63. The highest BCUT2D eigenvalue weighted by Crippen LogP contribution is 2.20. The molecule has 0 fully saturated rings. The van der Waals surface area contributed by atoms with E-state index in [-0.39, 0.29) is 12.6 Å². The van der Waals surface area contributed by atoms with Crippen molar-refractivity contribution in [1.29, 1.82) is 0 Å². The fourth-order valence-electron chi connectivity index (χ4n) is 2.50. The lowest BCUT2D eigenvalue weighted by molar-refractivity contribution is 0.252. The number of fused-ring (bicyclic) bond motifs is 1. The van der Waals surface area contributed by atoms with Crippen LogP contribution in [0.2, 0.25) is 0 Å². The lowest BCUT2D eigenvalue weighted by Crippen LogP contribution is -2.30. The van der Waals surface area contributed by atoms with Crippen LogP contribution >= 0.6 is 0 Å². The largest absolute Gasteiger partial charge is 0.392 e. The normalized spacial score (nSPS) is 10.5.